The average Bonchev–Trinajstić information content (AvgIpc) is 2.88. The Morgan fingerprint density at radius 1 is 1.29 bits per heavy atom. The first-order chi connectivity index (χ1) is 10.2. The van der Waals surface area contributed by atoms with Gasteiger partial charge in [0.2, 0.25) is 0 Å². The van der Waals surface area contributed by atoms with Crippen LogP contribution in [0.15, 0.2) is 47.0 Å². The van der Waals surface area contributed by atoms with Crippen LogP contribution in [-0.2, 0) is 0 Å². The van der Waals surface area contributed by atoms with Crippen molar-refractivity contribution in [1.29, 1.82) is 0 Å². The maximum atomic E-state index is 14.0. The number of rotatable bonds is 4. The number of aryl methyl sites for hydroxylation is 1. The average molecular weight is 284 g/mol. The lowest BCUT2D eigenvalue weighted by Crippen LogP contribution is -2.23. The van der Waals surface area contributed by atoms with Crippen LogP contribution < -0.4 is 5.32 Å². The monoisotopic (exact) mass is 284 g/mol. The number of aromatic nitrogens is 1. The zero-order valence-electron chi connectivity index (χ0n) is 12.1. The third kappa shape index (κ3) is 2.67. The van der Waals surface area contributed by atoms with E-state index in [1.165, 1.54) is 11.6 Å². The van der Waals surface area contributed by atoms with Crippen LogP contribution in [0.25, 0.3) is 11.0 Å². The Hall–Kier alpha value is -2.20. The minimum Gasteiger partial charge on any atom is -0.459 e. The summed E-state index contributed by atoms with van der Waals surface area (Å²) in [5.41, 5.74) is 2.32. The van der Waals surface area contributed by atoms with Crippen LogP contribution in [0.4, 0.5) is 4.39 Å². The second kappa shape index (κ2) is 5.66. The Labute approximate surface area is 122 Å². The molecule has 0 fully saturated rings. The van der Waals surface area contributed by atoms with Gasteiger partial charge in [-0.05, 0) is 43.8 Å². The summed E-state index contributed by atoms with van der Waals surface area (Å²) in [4.78, 5) is 4.16. The number of halogens is 1. The summed E-state index contributed by atoms with van der Waals surface area (Å²) in [6.45, 7) is 4.70. The van der Waals surface area contributed by atoms with Crippen LogP contribution in [-0.4, -0.2) is 11.5 Å². The van der Waals surface area contributed by atoms with Gasteiger partial charge in [0.15, 0.2) is 0 Å². The molecule has 3 nitrogen and oxygen atoms in total. The third-order valence-electron chi connectivity index (χ3n) is 3.44. The molecule has 0 saturated carbocycles. The van der Waals surface area contributed by atoms with Crippen molar-refractivity contribution in [3.63, 3.8) is 0 Å². The molecule has 0 aliphatic rings. The molecule has 0 aliphatic carbocycles. The molecule has 0 saturated heterocycles. The maximum Gasteiger partial charge on any atom is 0.146 e. The van der Waals surface area contributed by atoms with Gasteiger partial charge < -0.3 is 9.73 Å². The van der Waals surface area contributed by atoms with Gasteiger partial charge in [0.1, 0.15) is 28.9 Å². The molecule has 0 radical (unpaired) electrons. The van der Waals surface area contributed by atoms with Crippen molar-refractivity contribution in [3.8, 4) is 0 Å². The number of furan rings is 1. The minimum atomic E-state index is -0.385. The van der Waals surface area contributed by atoms with Crippen LogP contribution >= 0.6 is 0 Å². The number of nitrogens with zero attached hydrogens (tertiary/aromatic N) is 1. The van der Waals surface area contributed by atoms with Crippen molar-refractivity contribution in [3.05, 3.63) is 65.4 Å². The molecule has 2 aromatic heterocycles. The maximum absolute atomic E-state index is 14.0. The molecule has 21 heavy (non-hydrogen) atoms. The highest BCUT2D eigenvalue weighted by Gasteiger charge is 2.22. The molecule has 1 N–H and O–H groups in total. The van der Waals surface area contributed by atoms with Crippen molar-refractivity contribution in [1.82, 2.24) is 10.3 Å². The number of hydrogen-bond acceptors (Lipinski definition) is 3. The summed E-state index contributed by atoms with van der Waals surface area (Å²) in [6, 6.07) is 10.6. The lowest BCUT2D eigenvalue weighted by atomic mass is 10.1. The summed E-state index contributed by atoms with van der Waals surface area (Å²) in [6.07, 6.45) is 1.59. The van der Waals surface area contributed by atoms with E-state index in [2.05, 4.69) is 16.4 Å². The van der Waals surface area contributed by atoms with Crippen molar-refractivity contribution >= 4 is 11.0 Å². The van der Waals surface area contributed by atoms with Gasteiger partial charge in [0, 0.05) is 11.6 Å². The van der Waals surface area contributed by atoms with Gasteiger partial charge >= 0.3 is 0 Å². The molecule has 3 aromatic rings. The van der Waals surface area contributed by atoms with Gasteiger partial charge in [-0.2, -0.15) is 0 Å². The highest BCUT2D eigenvalue weighted by Crippen LogP contribution is 2.29. The van der Waals surface area contributed by atoms with Gasteiger partial charge in [-0.1, -0.05) is 18.6 Å². The number of nitrogens with one attached hydrogen (secondary N) is 1. The lowest BCUT2D eigenvalue weighted by molar-refractivity contribution is 0.454. The quantitative estimate of drug-likeness (QED) is 0.787. The van der Waals surface area contributed by atoms with Crippen LogP contribution in [0.1, 0.15) is 30.0 Å². The van der Waals surface area contributed by atoms with E-state index in [9.17, 15) is 4.39 Å². The number of fused-ring (bicyclic) bond motifs is 1. The van der Waals surface area contributed by atoms with Crippen molar-refractivity contribution in [2.45, 2.75) is 19.9 Å². The fourth-order valence-electron chi connectivity index (χ4n) is 2.47. The Bertz CT molecular complexity index is 766. The van der Waals surface area contributed by atoms with E-state index in [4.69, 9.17) is 4.42 Å². The smallest absolute Gasteiger partial charge is 0.146 e. The van der Waals surface area contributed by atoms with E-state index in [0.717, 1.165) is 11.0 Å². The number of benzene rings is 1. The third-order valence-corrected chi connectivity index (χ3v) is 3.44. The molecule has 1 unspecified atom stereocenters. The number of pyridine rings is 1. The highest BCUT2D eigenvalue weighted by atomic mass is 19.1. The van der Waals surface area contributed by atoms with Gasteiger partial charge in [0.05, 0.1) is 0 Å². The fourth-order valence-corrected chi connectivity index (χ4v) is 2.47. The van der Waals surface area contributed by atoms with Gasteiger partial charge in [-0.25, -0.2) is 4.39 Å². The van der Waals surface area contributed by atoms with E-state index >= 15 is 0 Å². The molecule has 3 rings (SSSR count). The molecular weight excluding hydrogens is 267 g/mol. The molecule has 0 spiro atoms. The van der Waals surface area contributed by atoms with Crippen molar-refractivity contribution in [2.24, 2.45) is 0 Å². The second-order valence-corrected chi connectivity index (χ2v) is 5.05. The van der Waals surface area contributed by atoms with E-state index in [-0.39, 0.29) is 11.9 Å². The van der Waals surface area contributed by atoms with Crippen molar-refractivity contribution < 1.29 is 8.81 Å². The zero-order valence-corrected chi connectivity index (χ0v) is 12.1. The molecule has 1 atom stereocenters. The molecule has 4 heteroatoms. The van der Waals surface area contributed by atoms with Crippen LogP contribution in [0.5, 0.6) is 0 Å². The summed E-state index contributed by atoms with van der Waals surface area (Å²) in [5.74, 6) is 0.343. The largest absolute Gasteiger partial charge is 0.459 e. The predicted molar refractivity (Wildman–Crippen MR) is 80.7 cm³/mol. The minimum absolute atomic E-state index is 0.333. The molecule has 2 heterocycles. The van der Waals surface area contributed by atoms with E-state index in [0.29, 0.717) is 18.0 Å². The van der Waals surface area contributed by atoms with Crippen LogP contribution in [0.2, 0.25) is 0 Å². The first-order valence-corrected chi connectivity index (χ1v) is 7.03. The number of hydrogen-bond donors (Lipinski definition) is 1. The van der Waals surface area contributed by atoms with Gasteiger partial charge in [0.25, 0.3) is 0 Å². The predicted octanol–water partition coefficient (Wildman–Crippen LogP) is 3.97. The van der Waals surface area contributed by atoms with Crippen molar-refractivity contribution in [2.75, 3.05) is 6.54 Å². The van der Waals surface area contributed by atoms with Gasteiger partial charge in [-0.3, -0.25) is 4.98 Å². The summed E-state index contributed by atoms with van der Waals surface area (Å²) < 4.78 is 19.9. The highest BCUT2D eigenvalue weighted by molar-refractivity contribution is 5.78. The summed E-state index contributed by atoms with van der Waals surface area (Å²) >= 11 is 0. The first kappa shape index (κ1) is 13.8. The first-order valence-electron chi connectivity index (χ1n) is 7.03. The molecule has 0 aliphatic heterocycles. The molecular formula is C17H17FN2O. The van der Waals surface area contributed by atoms with Gasteiger partial charge in [-0.15, -0.1) is 0 Å². The van der Waals surface area contributed by atoms with E-state index in [1.807, 2.05) is 32.0 Å². The summed E-state index contributed by atoms with van der Waals surface area (Å²) in [5, 5.41) is 4.25. The Morgan fingerprint density at radius 3 is 2.90 bits per heavy atom. The fraction of sp³-hybridized carbons (Fsp3) is 0.235. The van der Waals surface area contributed by atoms with E-state index < -0.39 is 0 Å². The standard InChI is InChI=1S/C17H17FN2O/c1-3-19-17(16-13(18)5-4-8-20-16)15-10-12-9-11(2)6-7-14(12)21-15/h4-10,17,19H,3H2,1-2H3. The van der Waals surface area contributed by atoms with Crippen LogP contribution in [0, 0.1) is 12.7 Å². The SMILES string of the molecule is CCNC(c1cc2cc(C)ccc2o1)c1ncccc1F. The molecule has 0 bridgehead atoms. The lowest BCUT2D eigenvalue weighted by Gasteiger charge is -2.15. The Morgan fingerprint density at radius 2 is 2.14 bits per heavy atom. The second-order valence-electron chi connectivity index (χ2n) is 5.05. The Kier molecular flexibility index (Phi) is 3.71. The molecule has 0 amide bonds. The molecule has 108 valence electrons. The van der Waals surface area contributed by atoms with E-state index in [1.54, 1.807) is 12.3 Å². The summed E-state index contributed by atoms with van der Waals surface area (Å²) in [7, 11) is 0. The Balaban J connectivity index is 2.09. The topological polar surface area (TPSA) is 38.1 Å². The van der Waals surface area contributed by atoms with Crippen LogP contribution in [0.3, 0.4) is 0 Å². The zero-order chi connectivity index (χ0) is 14.8. The molecule has 1 aromatic carbocycles. The normalized spacial score (nSPS) is 12.7.